The zero-order valence-corrected chi connectivity index (χ0v) is 15.8. The van der Waals surface area contributed by atoms with E-state index in [1.165, 1.54) is 5.56 Å². The number of hydrazone groups is 1. The molecule has 0 amide bonds. The van der Waals surface area contributed by atoms with Gasteiger partial charge in [-0.05, 0) is 36.8 Å². The van der Waals surface area contributed by atoms with E-state index in [1.54, 1.807) is 19.4 Å². The normalized spacial score (nSPS) is 10.4. The van der Waals surface area contributed by atoms with Gasteiger partial charge in [0, 0.05) is 12.1 Å². The molecule has 0 radical (unpaired) electrons. The first-order valence-corrected chi connectivity index (χ1v) is 8.58. The molecule has 0 saturated carbocycles. The number of thiocarbonyl (C=S) groups is 1. The summed E-state index contributed by atoms with van der Waals surface area (Å²) in [5, 5.41) is 7.51. The SMILES string of the molecule is C=CCNC(=S)N/N=C\c1cccc(OC)c1OCc1cccc(C)c1. The van der Waals surface area contributed by atoms with Crippen LogP contribution in [0.3, 0.4) is 0 Å². The van der Waals surface area contributed by atoms with Crippen molar-refractivity contribution in [3.8, 4) is 11.5 Å². The summed E-state index contributed by atoms with van der Waals surface area (Å²) in [5.74, 6) is 1.28. The van der Waals surface area contributed by atoms with Gasteiger partial charge in [-0.2, -0.15) is 5.10 Å². The number of hydrogen-bond donors (Lipinski definition) is 2. The highest BCUT2D eigenvalue weighted by Gasteiger charge is 2.10. The maximum atomic E-state index is 6.02. The number of nitrogens with zero attached hydrogens (tertiary/aromatic N) is 1. The molecule has 0 atom stereocenters. The van der Waals surface area contributed by atoms with E-state index in [9.17, 15) is 0 Å². The van der Waals surface area contributed by atoms with Gasteiger partial charge in [0.1, 0.15) is 6.61 Å². The van der Waals surface area contributed by atoms with Gasteiger partial charge in [0.2, 0.25) is 0 Å². The molecule has 0 unspecified atom stereocenters. The third-order valence-electron chi connectivity index (χ3n) is 3.47. The highest BCUT2D eigenvalue weighted by Crippen LogP contribution is 2.30. The molecule has 2 aromatic carbocycles. The Morgan fingerprint density at radius 3 is 2.81 bits per heavy atom. The molecule has 0 spiro atoms. The second kappa shape index (κ2) is 10.2. The maximum absolute atomic E-state index is 6.02. The minimum absolute atomic E-state index is 0.422. The Labute approximate surface area is 159 Å². The first-order valence-electron chi connectivity index (χ1n) is 8.17. The van der Waals surface area contributed by atoms with Crippen LogP contribution in [0.4, 0.5) is 0 Å². The lowest BCUT2D eigenvalue weighted by Crippen LogP contribution is -2.31. The number of rotatable bonds is 8. The van der Waals surface area contributed by atoms with E-state index in [1.807, 2.05) is 30.3 Å². The summed E-state index contributed by atoms with van der Waals surface area (Å²) in [6, 6.07) is 13.8. The number of benzene rings is 2. The number of hydrogen-bond acceptors (Lipinski definition) is 4. The number of para-hydroxylation sites is 1. The average Bonchev–Trinajstić information content (AvgIpc) is 2.65. The van der Waals surface area contributed by atoms with Crippen LogP contribution in [-0.2, 0) is 6.61 Å². The molecule has 0 aromatic heterocycles. The van der Waals surface area contributed by atoms with Gasteiger partial charge >= 0.3 is 0 Å². The van der Waals surface area contributed by atoms with E-state index >= 15 is 0 Å². The number of methoxy groups -OCH3 is 1. The number of nitrogens with one attached hydrogen (secondary N) is 2. The fraction of sp³-hybridized carbons (Fsp3) is 0.200. The third kappa shape index (κ3) is 5.89. The van der Waals surface area contributed by atoms with Gasteiger partial charge in [0.05, 0.1) is 13.3 Å². The van der Waals surface area contributed by atoms with E-state index in [0.717, 1.165) is 11.1 Å². The Balaban J connectivity index is 2.11. The lowest BCUT2D eigenvalue weighted by Gasteiger charge is -2.13. The lowest BCUT2D eigenvalue weighted by atomic mass is 10.1. The molecule has 0 saturated heterocycles. The van der Waals surface area contributed by atoms with Crippen molar-refractivity contribution in [3.63, 3.8) is 0 Å². The summed E-state index contributed by atoms with van der Waals surface area (Å²) in [6.07, 6.45) is 3.37. The van der Waals surface area contributed by atoms with Crippen LogP contribution in [-0.4, -0.2) is 25.0 Å². The van der Waals surface area contributed by atoms with Crippen molar-refractivity contribution in [1.82, 2.24) is 10.7 Å². The second-order valence-corrected chi connectivity index (χ2v) is 5.93. The van der Waals surface area contributed by atoms with E-state index in [0.29, 0.717) is 29.8 Å². The Morgan fingerprint density at radius 2 is 2.08 bits per heavy atom. The van der Waals surface area contributed by atoms with Crippen LogP contribution in [0.5, 0.6) is 11.5 Å². The predicted octanol–water partition coefficient (Wildman–Crippen LogP) is 3.57. The Bertz CT molecular complexity index is 790. The topological polar surface area (TPSA) is 54.9 Å². The van der Waals surface area contributed by atoms with Crippen LogP contribution >= 0.6 is 12.2 Å². The van der Waals surface area contributed by atoms with Crippen LogP contribution in [0.25, 0.3) is 0 Å². The molecular formula is C20H23N3O2S. The van der Waals surface area contributed by atoms with Crippen molar-refractivity contribution in [2.24, 2.45) is 5.10 Å². The standard InChI is InChI=1S/C20H23N3O2S/c1-4-11-21-20(26)23-22-13-17-9-6-10-18(24-3)19(17)25-14-16-8-5-7-15(2)12-16/h4-10,12-13H,1,11,14H2,2-3H3,(H2,21,23,26)/b22-13-. The van der Waals surface area contributed by atoms with Crippen LogP contribution in [0.15, 0.2) is 60.2 Å². The van der Waals surface area contributed by atoms with Gasteiger partial charge in [-0.1, -0.05) is 42.0 Å². The van der Waals surface area contributed by atoms with E-state index in [-0.39, 0.29) is 0 Å². The van der Waals surface area contributed by atoms with Crippen LogP contribution < -0.4 is 20.2 Å². The molecule has 0 aliphatic rings. The summed E-state index contributed by atoms with van der Waals surface area (Å²) in [4.78, 5) is 0. The lowest BCUT2D eigenvalue weighted by molar-refractivity contribution is 0.284. The summed E-state index contributed by atoms with van der Waals surface area (Å²) < 4.78 is 11.4. The zero-order valence-electron chi connectivity index (χ0n) is 15.0. The van der Waals surface area contributed by atoms with Crippen molar-refractivity contribution in [3.05, 3.63) is 71.8 Å². The molecule has 0 heterocycles. The molecule has 0 fully saturated rings. The van der Waals surface area contributed by atoms with Crippen molar-refractivity contribution in [2.75, 3.05) is 13.7 Å². The largest absolute Gasteiger partial charge is 0.493 e. The molecule has 2 rings (SSSR count). The monoisotopic (exact) mass is 369 g/mol. The van der Waals surface area contributed by atoms with Gasteiger partial charge in [-0.3, -0.25) is 5.43 Å². The fourth-order valence-electron chi connectivity index (χ4n) is 2.27. The Kier molecular flexibility index (Phi) is 7.64. The Hall–Kier alpha value is -2.86. The summed E-state index contributed by atoms with van der Waals surface area (Å²) >= 11 is 5.10. The molecule has 136 valence electrons. The minimum Gasteiger partial charge on any atom is -0.493 e. The Morgan fingerprint density at radius 1 is 1.27 bits per heavy atom. The highest BCUT2D eigenvalue weighted by atomic mass is 32.1. The summed E-state index contributed by atoms with van der Waals surface area (Å²) in [7, 11) is 1.61. The maximum Gasteiger partial charge on any atom is 0.187 e. The minimum atomic E-state index is 0.422. The smallest absolute Gasteiger partial charge is 0.187 e. The van der Waals surface area contributed by atoms with Gasteiger partial charge in [0.15, 0.2) is 16.6 Å². The third-order valence-corrected chi connectivity index (χ3v) is 3.71. The fourth-order valence-corrected chi connectivity index (χ4v) is 2.41. The summed E-state index contributed by atoms with van der Waals surface area (Å²) in [5.41, 5.74) is 5.83. The van der Waals surface area contributed by atoms with Crippen molar-refractivity contribution >= 4 is 23.5 Å². The molecule has 0 bridgehead atoms. The zero-order chi connectivity index (χ0) is 18.8. The van der Waals surface area contributed by atoms with Gasteiger partial charge in [-0.25, -0.2) is 0 Å². The highest BCUT2D eigenvalue weighted by molar-refractivity contribution is 7.80. The molecule has 6 heteroatoms. The quantitative estimate of drug-likeness (QED) is 0.322. The first-order chi connectivity index (χ1) is 12.6. The van der Waals surface area contributed by atoms with E-state index in [4.69, 9.17) is 21.7 Å². The second-order valence-electron chi connectivity index (χ2n) is 5.53. The van der Waals surface area contributed by atoms with Crippen molar-refractivity contribution in [2.45, 2.75) is 13.5 Å². The van der Waals surface area contributed by atoms with E-state index < -0.39 is 0 Å². The van der Waals surface area contributed by atoms with E-state index in [2.05, 4.69) is 41.5 Å². The molecule has 5 nitrogen and oxygen atoms in total. The summed E-state index contributed by atoms with van der Waals surface area (Å²) in [6.45, 7) is 6.69. The molecular weight excluding hydrogens is 346 g/mol. The molecule has 2 N–H and O–H groups in total. The number of aryl methyl sites for hydroxylation is 1. The molecule has 0 aliphatic carbocycles. The van der Waals surface area contributed by atoms with Gasteiger partial charge in [-0.15, -0.1) is 6.58 Å². The van der Waals surface area contributed by atoms with Crippen LogP contribution in [0.2, 0.25) is 0 Å². The van der Waals surface area contributed by atoms with Crippen LogP contribution in [0.1, 0.15) is 16.7 Å². The average molecular weight is 369 g/mol. The van der Waals surface area contributed by atoms with Gasteiger partial charge in [0.25, 0.3) is 0 Å². The number of ether oxygens (including phenoxy) is 2. The first kappa shape index (κ1) is 19.5. The van der Waals surface area contributed by atoms with Crippen molar-refractivity contribution < 1.29 is 9.47 Å². The predicted molar refractivity (Wildman–Crippen MR) is 110 cm³/mol. The van der Waals surface area contributed by atoms with Crippen molar-refractivity contribution in [1.29, 1.82) is 0 Å². The molecule has 26 heavy (non-hydrogen) atoms. The van der Waals surface area contributed by atoms with Gasteiger partial charge < -0.3 is 14.8 Å². The molecule has 0 aliphatic heterocycles. The molecule has 2 aromatic rings. The van der Waals surface area contributed by atoms with Crippen LogP contribution in [0, 0.1) is 6.92 Å².